The van der Waals surface area contributed by atoms with Crippen molar-refractivity contribution in [2.75, 3.05) is 12.4 Å². The van der Waals surface area contributed by atoms with E-state index in [2.05, 4.69) is 0 Å². The Kier molecular flexibility index (Phi) is 4.71. The van der Waals surface area contributed by atoms with Crippen LogP contribution in [-0.2, 0) is 27.6 Å². The molecule has 0 amide bonds. The molecular formula is C10H11F3O4S. The van der Waals surface area contributed by atoms with Gasteiger partial charge in [0.25, 0.3) is 10.1 Å². The smallest absolute Gasteiger partial charge is 0.376 e. The zero-order chi connectivity index (χ0) is 13.8. The monoisotopic (exact) mass is 284 g/mol. The van der Waals surface area contributed by atoms with Crippen LogP contribution in [0.25, 0.3) is 0 Å². The van der Waals surface area contributed by atoms with Crippen molar-refractivity contribution >= 4 is 10.1 Å². The number of ether oxygens (including phenoxy) is 1. The Morgan fingerprint density at radius 3 is 2.17 bits per heavy atom. The van der Waals surface area contributed by atoms with Gasteiger partial charge in [-0.2, -0.15) is 21.6 Å². The van der Waals surface area contributed by atoms with E-state index in [1.165, 1.54) is 12.1 Å². The Bertz CT molecular complexity index is 479. The molecule has 1 N–H and O–H groups in total. The molecule has 0 bridgehead atoms. The minimum atomic E-state index is -4.38. The highest BCUT2D eigenvalue weighted by molar-refractivity contribution is 7.85. The Morgan fingerprint density at radius 2 is 1.72 bits per heavy atom. The molecular weight excluding hydrogens is 273 g/mol. The van der Waals surface area contributed by atoms with Crippen LogP contribution in [0.3, 0.4) is 0 Å². The summed E-state index contributed by atoms with van der Waals surface area (Å²) < 4.78 is 70.7. The lowest BCUT2D eigenvalue weighted by Gasteiger charge is -2.07. The number of benzene rings is 1. The van der Waals surface area contributed by atoms with Gasteiger partial charge in [-0.3, -0.25) is 4.55 Å². The predicted octanol–water partition coefficient (Wildman–Crippen LogP) is 2.11. The number of rotatable bonds is 5. The van der Waals surface area contributed by atoms with E-state index in [4.69, 9.17) is 9.29 Å². The van der Waals surface area contributed by atoms with Gasteiger partial charge >= 0.3 is 6.18 Å². The van der Waals surface area contributed by atoms with Crippen LogP contribution in [0.5, 0.6) is 0 Å². The minimum Gasteiger partial charge on any atom is -0.376 e. The van der Waals surface area contributed by atoms with Crippen LogP contribution in [0.15, 0.2) is 24.3 Å². The van der Waals surface area contributed by atoms with Gasteiger partial charge in [0.2, 0.25) is 0 Å². The third kappa shape index (κ3) is 5.48. The summed E-state index contributed by atoms with van der Waals surface area (Å²) in [5, 5.41) is 0. The lowest BCUT2D eigenvalue weighted by molar-refractivity contribution is -0.137. The second kappa shape index (κ2) is 5.68. The first-order valence-corrected chi connectivity index (χ1v) is 6.48. The Hall–Kier alpha value is -1.12. The van der Waals surface area contributed by atoms with E-state index >= 15 is 0 Å². The van der Waals surface area contributed by atoms with Gasteiger partial charge in [0, 0.05) is 0 Å². The van der Waals surface area contributed by atoms with Crippen LogP contribution < -0.4 is 0 Å². The quantitative estimate of drug-likeness (QED) is 0.664. The topological polar surface area (TPSA) is 63.6 Å². The fraction of sp³-hybridized carbons (Fsp3) is 0.400. The van der Waals surface area contributed by atoms with E-state index in [9.17, 15) is 21.6 Å². The molecule has 0 fully saturated rings. The van der Waals surface area contributed by atoms with Crippen LogP contribution in [0, 0.1) is 0 Å². The number of hydrogen-bond acceptors (Lipinski definition) is 3. The van der Waals surface area contributed by atoms with Gasteiger partial charge in [-0.25, -0.2) is 0 Å². The summed E-state index contributed by atoms with van der Waals surface area (Å²) in [6.45, 7) is -0.243. The molecule has 8 heteroatoms. The molecule has 0 atom stereocenters. The third-order valence-corrected chi connectivity index (χ3v) is 2.72. The maximum absolute atomic E-state index is 12.2. The van der Waals surface area contributed by atoms with E-state index < -0.39 is 27.6 Å². The number of halogens is 3. The van der Waals surface area contributed by atoms with E-state index in [0.717, 1.165) is 12.1 Å². The number of alkyl halides is 3. The van der Waals surface area contributed by atoms with Crippen molar-refractivity contribution < 1.29 is 30.9 Å². The maximum atomic E-state index is 12.2. The van der Waals surface area contributed by atoms with Crippen molar-refractivity contribution in [3.05, 3.63) is 35.4 Å². The standard InChI is InChI=1S/C10H11F3O4S/c11-10(12,13)9-3-1-8(2-4-9)7-17-5-6-18(14,15)16/h1-4H,5-7H2,(H,14,15,16). The van der Waals surface area contributed by atoms with Crippen molar-refractivity contribution in [1.82, 2.24) is 0 Å². The van der Waals surface area contributed by atoms with E-state index in [0.29, 0.717) is 5.56 Å². The lowest BCUT2D eigenvalue weighted by Crippen LogP contribution is -2.10. The average Bonchev–Trinajstić information content (AvgIpc) is 2.22. The Morgan fingerprint density at radius 1 is 1.17 bits per heavy atom. The summed E-state index contributed by atoms with van der Waals surface area (Å²) in [5.41, 5.74) is -0.275. The van der Waals surface area contributed by atoms with E-state index in [1.54, 1.807) is 0 Å². The summed E-state index contributed by atoms with van der Waals surface area (Å²) in [6, 6.07) is 4.33. The van der Waals surface area contributed by atoms with Crippen molar-refractivity contribution in [2.45, 2.75) is 12.8 Å². The molecule has 0 aromatic heterocycles. The summed E-state index contributed by atoms with van der Waals surface area (Å²) in [6.07, 6.45) is -4.38. The molecule has 0 saturated carbocycles. The fourth-order valence-electron chi connectivity index (χ4n) is 1.14. The molecule has 0 spiro atoms. The van der Waals surface area contributed by atoms with Gasteiger partial charge in [-0.05, 0) is 17.7 Å². The molecule has 4 nitrogen and oxygen atoms in total. The highest BCUT2D eigenvalue weighted by atomic mass is 32.2. The van der Waals surface area contributed by atoms with Crippen LogP contribution >= 0.6 is 0 Å². The fourth-order valence-corrected chi connectivity index (χ4v) is 1.47. The third-order valence-electron chi connectivity index (χ3n) is 2.04. The molecule has 0 heterocycles. The first-order valence-electron chi connectivity index (χ1n) is 4.87. The van der Waals surface area contributed by atoms with Crippen molar-refractivity contribution in [3.8, 4) is 0 Å². The first-order chi connectivity index (χ1) is 8.18. The Labute approximate surface area is 102 Å². The molecule has 18 heavy (non-hydrogen) atoms. The molecule has 1 aromatic rings. The second-order valence-electron chi connectivity index (χ2n) is 3.53. The van der Waals surface area contributed by atoms with Crippen LogP contribution in [0.1, 0.15) is 11.1 Å². The van der Waals surface area contributed by atoms with E-state index in [1.807, 2.05) is 0 Å². The average molecular weight is 284 g/mol. The van der Waals surface area contributed by atoms with Crippen LogP contribution in [0.4, 0.5) is 13.2 Å². The molecule has 1 rings (SSSR count). The molecule has 102 valence electrons. The predicted molar refractivity (Wildman–Crippen MR) is 57.5 cm³/mol. The highest BCUT2D eigenvalue weighted by Gasteiger charge is 2.29. The maximum Gasteiger partial charge on any atom is 0.416 e. The van der Waals surface area contributed by atoms with Gasteiger partial charge in [-0.1, -0.05) is 12.1 Å². The van der Waals surface area contributed by atoms with Crippen LogP contribution in [0.2, 0.25) is 0 Å². The zero-order valence-corrected chi connectivity index (χ0v) is 9.96. The van der Waals surface area contributed by atoms with Gasteiger partial charge in [0.15, 0.2) is 0 Å². The van der Waals surface area contributed by atoms with Crippen molar-refractivity contribution in [2.24, 2.45) is 0 Å². The van der Waals surface area contributed by atoms with Gasteiger partial charge < -0.3 is 4.74 Å². The highest BCUT2D eigenvalue weighted by Crippen LogP contribution is 2.29. The summed E-state index contributed by atoms with van der Waals surface area (Å²) in [4.78, 5) is 0. The molecule has 1 aromatic carbocycles. The van der Waals surface area contributed by atoms with Gasteiger partial charge in [-0.15, -0.1) is 0 Å². The van der Waals surface area contributed by atoms with Gasteiger partial charge in [0.1, 0.15) is 0 Å². The minimum absolute atomic E-state index is 0.0202. The molecule has 0 unspecified atom stereocenters. The first kappa shape index (κ1) is 14.9. The Balaban J connectivity index is 2.45. The van der Waals surface area contributed by atoms with E-state index in [-0.39, 0.29) is 13.2 Å². The van der Waals surface area contributed by atoms with Crippen molar-refractivity contribution in [1.29, 1.82) is 0 Å². The second-order valence-corrected chi connectivity index (χ2v) is 5.11. The largest absolute Gasteiger partial charge is 0.416 e. The van der Waals surface area contributed by atoms with Crippen molar-refractivity contribution in [3.63, 3.8) is 0 Å². The lowest BCUT2D eigenvalue weighted by atomic mass is 10.1. The molecule has 0 aliphatic rings. The molecule has 0 saturated heterocycles. The molecule has 0 aliphatic heterocycles. The van der Waals surface area contributed by atoms with Crippen LogP contribution in [-0.4, -0.2) is 25.3 Å². The molecule has 0 radical (unpaired) electrons. The summed E-state index contributed by atoms with van der Waals surface area (Å²) >= 11 is 0. The zero-order valence-electron chi connectivity index (χ0n) is 9.14. The summed E-state index contributed by atoms with van der Waals surface area (Å²) in [7, 11) is -4.08. The van der Waals surface area contributed by atoms with Gasteiger partial charge in [0.05, 0.1) is 24.5 Å². The number of hydrogen-bond donors (Lipinski definition) is 1. The normalized spacial score (nSPS) is 12.7. The molecule has 0 aliphatic carbocycles. The SMILES string of the molecule is O=S(=O)(O)CCOCc1ccc(C(F)(F)F)cc1. The summed E-state index contributed by atoms with van der Waals surface area (Å²) in [5.74, 6) is -0.548.